The average Bonchev–Trinajstić information content (AvgIpc) is 2.76. The van der Waals surface area contributed by atoms with Crippen LogP contribution < -0.4 is 10.1 Å². The summed E-state index contributed by atoms with van der Waals surface area (Å²) in [4.78, 5) is 23.8. The molecule has 1 amide bonds. The largest absolute Gasteiger partial charge is 0.497 e. The van der Waals surface area contributed by atoms with Crippen LogP contribution in [0.3, 0.4) is 0 Å². The molecule has 108 valence electrons. The Labute approximate surface area is 118 Å². The lowest BCUT2D eigenvalue weighted by Gasteiger charge is -2.29. The van der Waals surface area contributed by atoms with Crippen molar-refractivity contribution in [1.82, 2.24) is 5.32 Å². The number of hydrogen-bond acceptors (Lipinski definition) is 4. The highest BCUT2D eigenvalue weighted by molar-refractivity contribution is 5.91. The van der Waals surface area contributed by atoms with Crippen LogP contribution in [-0.4, -0.2) is 31.6 Å². The van der Waals surface area contributed by atoms with Crippen molar-refractivity contribution in [3.63, 3.8) is 0 Å². The van der Waals surface area contributed by atoms with E-state index in [1.165, 1.54) is 0 Å². The van der Waals surface area contributed by atoms with Gasteiger partial charge in [-0.3, -0.25) is 4.79 Å². The van der Waals surface area contributed by atoms with E-state index in [0.29, 0.717) is 12.4 Å². The van der Waals surface area contributed by atoms with Crippen molar-refractivity contribution in [1.29, 1.82) is 0 Å². The highest BCUT2D eigenvalue weighted by Crippen LogP contribution is 2.37. The number of amides is 1. The number of carbonyl (C=O) groups is 2. The molecule has 0 radical (unpaired) electrons. The van der Waals surface area contributed by atoms with Crippen molar-refractivity contribution < 1.29 is 19.1 Å². The smallest absolute Gasteiger partial charge is 0.329 e. The maximum Gasteiger partial charge on any atom is 0.329 e. The molecule has 2 atom stereocenters. The number of hydrogen-bond donors (Lipinski definition) is 1. The Morgan fingerprint density at radius 2 is 2.25 bits per heavy atom. The molecule has 1 aliphatic heterocycles. The summed E-state index contributed by atoms with van der Waals surface area (Å²) in [6.07, 6.45) is 0.254. The van der Waals surface area contributed by atoms with Gasteiger partial charge < -0.3 is 14.8 Å². The Morgan fingerprint density at radius 3 is 2.90 bits per heavy atom. The highest BCUT2D eigenvalue weighted by atomic mass is 16.5. The molecule has 1 N–H and O–H groups in total. The third-order valence-electron chi connectivity index (χ3n) is 3.72. The fourth-order valence-corrected chi connectivity index (χ4v) is 2.60. The molecule has 1 aromatic rings. The second-order valence-electron chi connectivity index (χ2n) is 5.08. The van der Waals surface area contributed by atoms with Crippen molar-refractivity contribution in [2.24, 2.45) is 0 Å². The van der Waals surface area contributed by atoms with Gasteiger partial charge in [0.1, 0.15) is 11.8 Å². The van der Waals surface area contributed by atoms with Crippen molar-refractivity contribution in [2.45, 2.75) is 31.7 Å². The molecule has 1 saturated heterocycles. The molecule has 2 unspecified atom stereocenters. The van der Waals surface area contributed by atoms with Gasteiger partial charge in [-0.2, -0.15) is 0 Å². The normalized spacial score (nSPS) is 25.1. The van der Waals surface area contributed by atoms with E-state index >= 15 is 0 Å². The van der Waals surface area contributed by atoms with E-state index in [2.05, 4.69) is 5.32 Å². The first-order valence-corrected chi connectivity index (χ1v) is 6.62. The van der Waals surface area contributed by atoms with Gasteiger partial charge in [0.15, 0.2) is 0 Å². The molecule has 0 saturated carbocycles. The molecule has 0 bridgehead atoms. The van der Waals surface area contributed by atoms with Gasteiger partial charge in [-0.1, -0.05) is 19.1 Å². The van der Waals surface area contributed by atoms with E-state index in [4.69, 9.17) is 9.47 Å². The van der Waals surface area contributed by atoms with Gasteiger partial charge in [-0.05, 0) is 24.6 Å². The zero-order valence-corrected chi connectivity index (χ0v) is 11.9. The summed E-state index contributed by atoms with van der Waals surface area (Å²) in [7, 11) is 1.59. The van der Waals surface area contributed by atoms with Crippen LogP contribution in [-0.2, 0) is 19.7 Å². The fourth-order valence-electron chi connectivity index (χ4n) is 2.60. The quantitative estimate of drug-likeness (QED) is 0.845. The SMILES string of the molecule is CCOC(=O)C1NC(=O)CC1(C)c1cccc(OC)c1. The zero-order valence-electron chi connectivity index (χ0n) is 11.9. The Bertz CT molecular complexity index is 528. The van der Waals surface area contributed by atoms with Gasteiger partial charge in [0.05, 0.1) is 13.7 Å². The Hall–Kier alpha value is -2.04. The van der Waals surface area contributed by atoms with Gasteiger partial charge in [-0.15, -0.1) is 0 Å². The molecule has 1 heterocycles. The van der Waals surface area contributed by atoms with E-state index in [0.717, 1.165) is 5.56 Å². The van der Waals surface area contributed by atoms with Crippen LogP contribution in [0.4, 0.5) is 0 Å². The number of nitrogens with one attached hydrogen (secondary N) is 1. The summed E-state index contributed by atoms with van der Waals surface area (Å²) in [5, 5.41) is 2.71. The lowest BCUT2D eigenvalue weighted by Crippen LogP contribution is -2.45. The Balaban J connectivity index is 2.38. The summed E-state index contributed by atoms with van der Waals surface area (Å²) >= 11 is 0. The van der Waals surface area contributed by atoms with Crippen LogP contribution >= 0.6 is 0 Å². The lowest BCUT2D eigenvalue weighted by atomic mass is 9.76. The van der Waals surface area contributed by atoms with Crippen LogP contribution in [0.25, 0.3) is 0 Å². The number of carbonyl (C=O) groups excluding carboxylic acids is 2. The zero-order chi connectivity index (χ0) is 14.8. The molecule has 2 rings (SSSR count). The molecule has 1 aliphatic rings. The minimum Gasteiger partial charge on any atom is -0.497 e. The van der Waals surface area contributed by atoms with E-state index in [1.54, 1.807) is 14.0 Å². The molecule has 1 aromatic carbocycles. The number of esters is 1. The molecule has 0 spiro atoms. The molecule has 0 aromatic heterocycles. The standard InChI is InChI=1S/C15H19NO4/c1-4-20-14(18)13-15(2,9-12(17)16-13)10-6-5-7-11(8-10)19-3/h5-8,13H,4,9H2,1-3H3,(H,16,17). The average molecular weight is 277 g/mol. The van der Waals surface area contributed by atoms with Crippen LogP contribution in [0.1, 0.15) is 25.8 Å². The predicted molar refractivity (Wildman–Crippen MR) is 73.5 cm³/mol. The number of ether oxygens (including phenoxy) is 2. The molecular weight excluding hydrogens is 258 g/mol. The number of rotatable bonds is 4. The Kier molecular flexibility index (Phi) is 3.97. The van der Waals surface area contributed by atoms with Crippen molar-refractivity contribution in [2.75, 3.05) is 13.7 Å². The summed E-state index contributed by atoms with van der Waals surface area (Å²) in [6.45, 7) is 3.93. The third kappa shape index (κ3) is 2.48. The van der Waals surface area contributed by atoms with Crippen LogP contribution in [0.15, 0.2) is 24.3 Å². The van der Waals surface area contributed by atoms with Gasteiger partial charge in [-0.25, -0.2) is 4.79 Å². The summed E-state index contributed by atoms with van der Waals surface area (Å²) in [6, 6.07) is 6.77. The van der Waals surface area contributed by atoms with Crippen LogP contribution in [0.2, 0.25) is 0 Å². The molecule has 5 heteroatoms. The maximum absolute atomic E-state index is 12.1. The number of benzene rings is 1. The van der Waals surface area contributed by atoms with Gasteiger partial charge in [0.2, 0.25) is 5.91 Å². The van der Waals surface area contributed by atoms with E-state index < -0.39 is 17.4 Å². The lowest BCUT2D eigenvalue weighted by molar-refractivity contribution is -0.147. The first-order chi connectivity index (χ1) is 9.51. The molecular formula is C15H19NO4. The van der Waals surface area contributed by atoms with E-state index in [-0.39, 0.29) is 12.3 Å². The summed E-state index contributed by atoms with van der Waals surface area (Å²) in [5.74, 6) is 0.155. The minimum absolute atomic E-state index is 0.145. The molecule has 1 fully saturated rings. The summed E-state index contributed by atoms with van der Waals surface area (Å²) in [5.41, 5.74) is 0.256. The topological polar surface area (TPSA) is 64.6 Å². The van der Waals surface area contributed by atoms with Crippen molar-refractivity contribution >= 4 is 11.9 Å². The van der Waals surface area contributed by atoms with Crippen molar-refractivity contribution in [3.8, 4) is 5.75 Å². The van der Waals surface area contributed by atoms with Gasteiger partial charge in [0.25, 0.3) is 0 Å². The second-order valence-corrected chi connectivity index (χ2v) is 5.08. The summed E-state index contributed by atoms with van der Waals surface area (Å²) < 4.78 is 10.3. The first-order valence-electron chi connectivity index (χ1n) is 6.62. The van der Waals surface area contributed by atoms with Crippen LogP contribution in [0.5, 0.6) is 5.75 Å². The van der Waals surface area contributed by atoms with E-state index in [1.807, 2.05) is 31.2 Å². The van der Waals surface area contributed by atoms with Crippen LogP contribution in [0, 0.1) is 0 Å². The Morgan fingerprint density at radius 1 is 1.50 bits per heavy atom. The molecule has 0 aliphatic carbocycles. The predicted octanol–water partition coefficient (Wildman–Crippen LogP) is 1.40. The van der Waals surface area contributed by atoms with Gasteiger partial charge in [0, 0.05) is 11.8 Å². The third-order valence-corrected chi connectivity index (χ3v) is 3.72. The number of methoxy groups -OCH3 is 1. The van der Waals surface area contributed by atoms with Gasteiger partial charge >= 0.3 is 5.97 Å². The molecule has 20 heavy (non-hydrogen) atoms. The highest BCUT2D eigenvalue weighted by Gasteiger charge is 2.49. The monoisotopic (exact) mass is 277 g/mol. The molecule has 5 nitrogen and oxygen atoms in total. The first kappa shape index (κ1) is 14.4. The minimum atomic E-state index is -0.665. The maximum atomic E-state index is 12.1. The second kappa shape index (κ2) is 5.53. The van der Waals surface area contributed by atoms with Crippen molar-refractivity contribution in [3.05, 3.63) is 29.8 Å². The van der Waals surface area contributed by atoms with E-state index in [9.17, 15) is 9.59 Å². The fraction of sp³-hybridized carbons (Fsp3) is 0.467.